The van der Waals surface area contributed by atoms with Gasteiger partial charge >= 0.3 is 0 Å². The van der Waals surface area contributed by atoms with Gasteiger partial charge in [-0.1, -0.05) is 29.8 Å². The second kappa shape index (κ2) is 9.96. The van der Waals surface area contributed by atoms with Gasteiger partial charge in [0.25, 0.3) is 0 Å². The third-order valence-corrected chi connectivity index (χ3v) is 7.86. The van der Waals surface area contributed by atoms with E-state index in [0.717, 1.165) is 47.5 Å². The van der Waals surface area contributed by atoms with Crippen LogP contribution < -0.4 is 0 Å². The molecule has 4 N–H and O–H groups in total. The van der Waals surface area contributed by atoms with Gasteiger partial charge in [-0.3, -0.25) is 9.69 Å². The van der Waals surface area contributed by atoms with Crippen molar-refractivity contribution >= 4 is 22.7 Å². The van der Waals surface area contributed by atoms with Crippen molar-refractivity contribution in [1.82, 2.24) is 4.90 Å². The number of rotatable bonds is 4. The van der Waals surface area contributed by atoms with E-state index < -0.39 is 37.3 Å². The number of piperidine rings is 1. The van der Waals surface area contributed by atoms with Crippen LogP contribution in [0.3, 0.4) is 0 Å². The number of hydrogen-bond acceptors (Lipinski definition) is 9. The molecule has 2 saturated heterocycles. The normalized spacial score (nSPS) is 30.1. The fraction of sp³-hybridized carbons (Fsp3) is 0.480. The van der Waals surface area contributed by atoms with E-state index in [0.29, 0.717) is 6.42 Å². The lowest BCUT2D eigenvalue weighted by molar-refractivity contribution is -0.308. The van der Waals surface area contributed by atoms with Crippen LogP contribution >= 0.6 is 11.3 Å². The number of aliphatic hydroxyl groups is 4. The highest BCUT2D eigenvalue weighted by Crippen LogP contribution is 2.40. The molecule has 2 aromatic rings. The Morgan fingerprint density at radius 2 is 1.79 bits per heavy atom. The van der Waals surface area contributed by atoms with Gasteiger partial charge in [0.15, 0.2) is 12.1 Å². The molecular formula is C25H29NO7S. The number of benzene rings is 1. The number of thiophene rings is 1. The van der Waals surface area contributed by atoms with Gasteiger partial charge in [-0.2, -0.15) is 0 Å². The minimum absolute atomic E-state index is 0.165. The lowest BCUT2D eigenvalue weighted by atomic mass is 9.88. The zero-order valence-electron chi connectivity index (χ0n) is 18.7. The van der Waals surface area contributed by atoms with E-state index in [1.165, 1.54) is 22.5 Å². The third-order valence-electron chi connectivity index (χ3n) is 6.91. The molecule has 5 atom stereocenters. The smallest absolute Gasteiger partial charge is 0.188 e. The van der Waals surface area contributed by atoms with Gasteiger partial charge < -0.3 is 29.9 Å². The first kappa shape index (κ1) is 23.8. The van der Waals surface area contributed by atoms with Gasteiger partial charge in [0.05, 0.1) is 11.5 Å². The minimum Gasteiger partial charge on any atom is -0.394 e. The standard InChI is InChI=1S/C25H29NO7S/c27-12-19-21(29)22(30)23(31)25(33-19)32-13-26-8-5-14(6-9-26)20-16-4-2-1-3-15(16)11-18(28)24-17(20)7-10-34-24/h1-4,7,10,19,21-23,25,27,29-31H,5-6,8-9,11-13H2/t19-,21-,22+,23-,25-/m1/s1. The SMILES string of the molecule is O=C1Cc2ccccc2C(=C2CCN(CO[C@@H]3O[C@H](CO)[C@@H](O)[C@H](O)[C@H]3O)CC2)c2ccsc21. The van der Waals surface area contributed by atoms with Gasteiger partial charge in [0.1, 0.15) is 31.1 Å². The van der Waals surface area contributed by atoms with Gasteiger partial charge in [-0.25, -0.2) is 0 Å². The molecular weight excluding hydrogens is 458 g/mol. The van der Waals surface area contributed by atoms with Crippen molar-refractivity contribution in [3.8, 4) is 0 Å². The average molecular weight is 488 g/mol. The van der Waals surface area contributed by atoms with Crippen molar-refractivity contribution < 1.29 is 34.7 Å². The van der Waals surface area contributed by atoms with E-state index >= 15 is 0 Å². The maximum absolute atomic E-state index is 12.8. The second-order valence-corrected chi connectivity index (χ2v) is 9.93. The maximum atomic E-state index is 12.8. The highest BCUT2D eigenvalue weighted by molar-refractivity contribution is 7.12. The summed E-state index contributed by atoms with van der Waals surface area (Å²) in [5, 5.41) is 41.4. The molecule has 2 aliphatic heterocycles. The molecule has 3 aliphatic rings. The Bertz CT molecular complexity index is 1070. The number of carbonyl (C=O) groups excluding carboxylic acids is 1. The molecule has 0 saturated carbocycles. The molecule has 1 aromatic carbocycles. The molecule has 34 heavy (non-hydrogen) atoms. The first-order valence-corrected chi connectivity index (χ1v) is 12.4. The molecule has 0 bridgehead atoms. The Balaban J connectivity index is 1.30. The van der Waals surface area contributed by atoms with Crippen LogP contribution in [0.2, 0.25) is 0 Å². The van der Waals surface area contributed by atoms with Crippen LogP contribution in [0.4, 0.5) is 0 Å². The molecule has 1 aromatic heterocycles. The summed E-state index contributed by atoms with van der Waals surface area (Å²) in [4.78, 5) is 15.8. The largest absolute Gasteiger partial charge is 0.394 e. The van der Waals surface area contributed by atoms with E-state index in [9.17, 15) is 25.2 Å². The monoisotopic (exact) mass is 487 g/mol. The highest BCUT2D eigenvalue weighted by atomic mass is 32.1. The van der Waals surface area contributed by atoms with Crippen LogP contribution in [0.5, 0.6) is 0 Å². The topological polar surface area (TPSA) is 120 Å². The molecule has 1 aliphatic carbocycles. The van der Waals surface area contributed by atoms with Crippen LogP contribution in [-0.4, -0.2) is 88.2 Å². The summed E-state index contributed by atoms with van der Waals surface area (Å²) in [7, 11) is 0. The van der Waals surface area contributed by atoms with E-state index in [1.54, 1.807) is 0 Å². The molecule has 0 radical (unpaired) electrons. The maximum Gasteiger partial charge on any atom is 0.188 e. The predicted octanol–water partition coefficient (Wildman–Crippen LogP) is 1.16. The Morgan fingerprint density at radius 1 is 1.03 bits per heavy atom. The Morgan fingerprint density at radius 3 is 2.56 bits per heavy atom. The number of Topliss-reactive ketones (excluding diaryl/α,β-unsaturated/α-hetero) is 1. The van der Waals surface area contributed by atoms with E-state index in [4.69, 9.17) is 9.47 Å². The lowest BCUT2D eigenvalue weighted by Gasteiger charge is -2.40. The Labute approximate surface area is 201 Å². The summed E-state index contributed by atoms with van der Waals surface area (Å²) in [6.45, 7) is 1.15. The van der Waals surface area contributed by atoms with Crippen molar-refractivity contribution in [2.24, 2.45) is 0 Å². The average Bonchev–Trinajstić information content (AvgIpc) is 3.30. The minimum atomic E-state index is -1.45. The number of fused-ring (bicyclic) bond motifs is 2. The number of likely N-dealkylation sites (tertiary alicyclic amines) is 1. The van der Waals surface area contributed by atoms with Crippen LogP contribution in [0.15, 0.2) is 41.3 Å². The number of nitrogens with zero attached hydrogens (tertiary/aromatic N) is 1. The predicted molar refractivity (Wildman–Crippen MR) is 125 cm³/mol. The first-order chi connectivity index (χ1) is 16.5. The van der Waals surface area contributed by atoms with Gasteiger partial charge in [0.2, 0.25) is 0 Å². The van der Waals surface area contributed by atoms with E-state index in [1.807, 2.05) is 23.6 Å². The van der Waals surface area contributed by atoms with Crippen LogP contribution in [0, 0.1) is 0 Å². The van der Waals surface area contributed by atoms with Crippen LogP contribution in [-0.2, 0) is 15.9 Å². The van der Waals surface area contributed by atoms with Gasteiger partial charge in [0, 0.05) is 25.1 Å². The molecule has 3 heterocycles. The fourth-order valence-corrected chi connectivity index (χ4v) is 5.85. The van der Waals surface area contributed by atoms with Crippen molar-refractivity contribution in [3.05, 3.63) is 62.9 Å². The number of carbonyl (C=O) groups is 1. The van der Waals surface area contributed by atoms with Crippen molar-refractivity contribution in [2.45, 2.75) is 50.0 Å². The van der Waals surface area contributed by atoms with Crippen LogP contribution in [0.25, 0.3) is 5.57 Å². The molecule has 0 amide bonds. The zero-order chi connectivity index (χ0) is 23.8. The Kier molecular flexibility index (Phi) is 6.97. The molecule has 9 heteroatoms. The number of ether oxygens (including phenoxy) is 2. The molecule has 5 rings (SSSR count). The summed E-state index contributed by atoms with van der Waals surface area (Å²) >= 11 is 1.50. The molecule has 182 valence electrons. The first-order valence-electron chi connectivity index (χ1n) is 11.5. The number of ketones is 1. The number of hydrogen-bond donors (Lipinski definition) is 4. The molecule has 0 unspecified atom stereocenters. The van der Waals surface area contributed by atoms with Gasteiger partial charge in [-0.05, 0) is 41.0 Å². The quantitative estimate of drug-likeness (QED) is 0.507. The molecule has 8 nitrogen and oxygen atoms in total. The van der Waals surface area contributed by atoms with E-state index in [-0.39, 0.29) is 12.5 Å². The second-order valence-electron chi connectivity index (χ2n) is 9.01. The third kappa shape index (κ3) is 4.38. The summed E-state index contributed by atoms with van der Waals surface area (Å²) in [6, 6.07) is 10.2. The summed E-state index contributed by atoms with van der Waals surface area (Å²) in [5.74, 6) is 0.165. The molecule has 2 fully saturated rings. The lowest BCUT2D eigenvalue weighted by Crippen LogP contribution is -2.59. The van der Waals surface area contributed by atoms with Crippen molar-refractivity contribution in [2.75, 3.05) is 26.4 Å². The van der Waals surface area contributed by atoms with Crippen molar-refractivity contribution in [3.63, 3.8) is 0 Å². The number of aliphatic hydroxyl groups excluding tert-OH is 4. The summed E-state index contributed by atoms with van der Waals surface area (Å²) < 4.78 is 11.1. The fourth-order valence-electron chi connectivity index (χ4n) is 5.01. The Hall–Kier alpha value is -1.95. The summed E-state index contributed by atoms with van der Waals surface area (Å²) in [5.41, 5.74) is 5.71. The summed E-state index contributed by atoms with van der Waals surface area (Å²) in [6.07, 6.45) is -4.35. The van der Waals surface area contributed by atoms with Gasteiger partial charge in [-0.15, -0.1) is 11.3 Å². The zero-order valence-corrected chi connectivity index (χ0v) is 19.5. The van der Waals surface area contributed by atoms with E-state index in [2.05, 4.69) is 17.0 Å². The van der Waals surface area contributed by atoms with Crippen molar-refractivity contribution in [1.29, 1.82) is 0 Å². The highest BCUT2D eigenvalue weighted by Gasteiger charge is 2.44. The molecule has 0 spiro atoms. The van der Waals surface area contributed by atoms with Crippen LogP contribution in [0.1, 0.15) is 39.2 Å².